The molecule has 4 rings (SSSR count). The summed E-state index contributed by atoms with van der Waals surface area (Å²) in [5.74, 6) is 0.282. The summed E-state index contributed by atoms with van der Waals surface area (Å²) < 4.78 is 11.2. The molecule has 0 fully saturated rings. The van der Waals surface area contributed by atoms with Gasteiger partial charge in [-0.1, -0.05) is 42.0 Å². The highest BCUT2D eigenvalue weighted by Crippen LogP contribution is 2.30. The molecular weight excluding hydrogens is 356 g/mol. The molecule has 0 N–H and O–H groups in total. The van der Waals surface area contributed by atoms with Crippen LogP contribution in [0.4, 0.5) is 10.7 Å². The number of hydrogen-bond acceptors (Lipinski definition) is 5. The molecule has 2 aromatic carbocycles. The molecule has 0 saturated heterocycles. The number of anilines is 1. The van der Waals surface area contributed by atoms with E-state index in [2.05, 4.69) is 0 Å². The Morgan fingerprint density at radius 2 is 1.96 bits per heavy atom. The molecule has 0 aliphatic carbocycles. The lowest BCUT2D eigenvalue weighted by atomic mass is 10.1. The van der Waals surface area contributed by atoms with Crippen molar-refractivity contribution in [3.8, 4) is 0 Å². The quantitative estimate of drug-likeness (QED) is 0.688. The topological polar surface area (TPSA) is 63.0 Å². The second-order valence-electron chi connectivity index (χ2n) is 6.96. The SMILES string of the molecule is CCOC(=O)N1CN(Cc2ccccc2)Cc2c1oc1ccc(C)cc1c2=O. The molecule has 0 unspecified atom stereocenters. The molecule has 1 aromatic heterocycles. The van der Waals surface area contributed by atoms with E-state index < -0.39 is 6.09 Å². The van der Waals surface area contributed by atoms with Crippen LogP contribution in [-0.4, -0.2) is 24.3 Å². The van der Waals surface area contributed by atoms with E-state index in [1.165, 1.54) is 4.90 Å². The molecule has 1 aliphatic rings. The van der Waals surface area contributed by atoms with E-state index in [9.17, 15) is 9.59 Å². The predicted molar refractivity (Wildman–Crippen MR) is 107 cm³/mol. The first kappa shape index (κ1) is 18.3. The molecule has 0 spiro atoms. The summed E-state index contributed by atoms with van der Waals surface area (Å²) in [6.07, 6.45) is -0.517. The molecule has 0 saturated carbocycles. The van der Waals surface area contributed by atoms with Crippen LogP contribution in [0.3, 0.4) is 0 Å². The minimum Gasteiger partial charge on any atom is -0.449 e. The molecule has 0 bridgehead atoms. The van der Waals surface area contributed by atoms with Gasteiger partial charge in [-0.05, 0) is 31.5 Å². The predicted octanol–water partition coefficient (Wildman–Crippen LogP) is 4.04. The maximum Gasteiger partial charge on any atom is 0.417 e. The standard InChI is InChI=1S/C22H22N2O4/c1-3-27-22(26)24-14-23(12-16-7-5-4-6-8-16)13-18-20(25)17-11-15(2)9-10-19(17)28-21(18)24/h4-11H,3,12-14H2,1-2H3. The molecule has 144 valence electrons. The first-order valence-electron chi connectivity index (χ1n) is 9.33. The van der Waals surface area contributed by atoms with Gasteiger partial charge in [0.1, 0.15) is 5.58 Å². The maximum absolute atomic E-state index is 13.2. The van der Waals surface area contributed by atoms with Gasteiger partial charge in [0.2, 0.25) is 5.88 Å². The van der Waals surface area contributed by atoms with E-state index in [4.69, 9.17) is 9.15 Å². The van der Waals surface area contributed by atoms with Crippen LogP contribution >= 0.6 is 0 Å². The summed E-state index contributed by atoms with van der Waals surface area (Å²) >= 11 is 0. The minimum atomic E-state index is -0.517. The summed E-state index contributed by atoms with van der Waals surface area (Å²) in [7, 11) is 0. The Kier molecular flexibility index (Phi) is 4.88. The number of amides is 1. The van der Waals surface area contributed by atoms with E-state index in [1.54, 1.807) is 13.0 Å². The van der Waals surface area contributed by atoms with Crippen molar-refractivity contribution in [3.05, 3.63) is 75.4 Å². The number of benzene rings is 2. The van der Waals surface area contributed by atoms with Crippen LogP contribution in [-0.2, 0) is 17.8 Å². The zero-order valence-electron chi connectivity index (χ0n) is 16.0. The van der Waals surface area contributed by atoms with E-state index in [-0.39, 0.29) is 17.9 Å². The van der Waals surface area contributed by atoms with Crippen molar-refractivity contribution >= 4 is 22.9 Å². The van der Waals surface area contributed by atoms with Gasteiger partial charge in [-0.15, -0.1) is 0 Å². The number of aryl methyl sites for hydroxylation is 1. The lowest BCUT2D eigenvalue weighted by molar-refractivity contribution is 0.145. The van der Waals surface area contributed by atoms with Crippen molar-refractivity contribution < 1.29 is 13.9 Å². The number of fused-ring (bicyclic) bond motifs is 2. The largest absolute Gasteiger partial charge is 0.449 e. The third-order valence-electron chi connectivity index (χ3n) is 4.82. The summed E-state index contributed by atoms with van der Waals surface area (Å²) in [5, 5.41) is 0.532. The molecule has 1 aliphatic heterocycles. The van der Waals surface area contributed by atoms with E-state index >= 15 is 0 Å². The number of carbonyl (C=O) groups is 1. The van der Waals surface area contributed by atoms with Crippen molar-refractivity contribution in [2.75, 3.05) is 18.2 Å². The Balaban J connectivity index is 1.80. The van der Waals surface area contributed by atoms with Crippen molar-refractivity contribution in [1.29, 1.82) is 0 Å². The lowest BCUT2D eigenvalue weighted by Crippen LogP contribution is -2.47. The fourth-order valence-corrected chi connectivity index (χ4v) is 3.52. The van der Waals surface area contributed by atoms with Crippen LogP contribution in [0.15, 0.2) is 57.7 Å². The number of hydrogen-bond donors (Lipinski definition) is 0. The zero-order chi connectivity index (χ0) is 19.7. The Labute approximate surface area is 162 Å². The molecule has 3 aromatic rings. The number of rotatable bonds is 3. The van der Waals surface area contributed by atoms with E-state index in [1.807, 2.05) is 54.3 Å². The van der Waals surface area contributed by atoms with Gasteiger partial charge in [0.05, 0.1) is 24.2 Å². The van der Waals surface area contributed by atoms with Crippen LogP contribution < -0.4 is 10.3 Å². The van der Waals surface area contributed by atoms with Crippen molar-refractivity contribution in [3.63, 3.8) is 0 Å². The van der Waals surface area contributed by atoms with Gasteiger partial charge in [0.15, 0.2) is 5.43 Å². The van der Waals surface area contributed by atoms with E-state index in [0.717, 1.165) is 11.1 Å². The summed E-state index contributed by atoms with van der Waals surface area (Å²) in [5.41, 5.74) is 2.94. The van der Waals surface area contributed by atoms with Crippen LogP contribution in [0.5, 0.6) is 0 Å². The van der Waals surface area contributed by atoms with Crippen LogP contribution in [0.25, 0.3) is 11.0 Å². The molecule has 6 nitrogen and oxygen atoms in total. The van der Waals surface area contributed by atoms with Gasteiger partial charge >= 0.3 is 6.09 Å². The molecule has 6 heteroatoms. The number of ether oxygens (including phenoxy) is 1. The third kappa shape index (κ3) is 3.39. The van der Waals surface area contributed by atoms with Gasteiger partial charge in [-0.2, -0.15) is 0 Å². The summed E-state index contributed by atoms with van der Waals surface area (Å²) in [6, 6.07) is 15.4. The van der Waals surface area contributed by atoms with Crippen molar-refractivity contribution in [2.45, 2.75) is 26.9 Å². The van der Waals surface area contributed by atoms with Gasteiger partial charge in [-0.25, -0.2) is 9.69 Å². The van der Waals surface area contributed by atoms with Gasteiger partial charge in [0.25, 0.3) is 0 Å². The highest BCUT2D eigenvalue weighted by molar-refractivity contribution is 5.89. The molecular formula is C22H22N2O4. The van der Waals surface area contributed by atoms with Crippen LogP contribution in [0, 0.1) is 6.92 Å². The van der Waals surface area contributed by atoms with Crippen LogP contribution in [0.1, 0.15) is 23.6 Å². The summed E-state index contributed by atoms with van der Waals surface area (Å²) in [4.78, 5) is 29.2. The Morgan fingerprint density at radius 3 is 2.71 bits per heavy atom. The Hall–Kier alpha value is -3.12. The van der Waals surface area contributed by atoms with Gasteiger partial charge < -0.3 is 9.15 Å². The third-order valence-corrected chi connectivity index (χ3v) is 4.82. The zero-order valence-corrected chi connectivity index (χ0v) is 16.0. The Morgan fingerprint density at radius 1 is 1.18 bits per heavy atom. The molecule has 0 atom stereocenters. The van der Waals surface area contributed by atoms with Gasteiger partial charge in [-0.3, -0.25) is 9.69 Å². The van der Waals surface area contributed by atoms with Crippen molar-refractivity contribution in [1.82, 2.24) is 4.90 Å². The minimum absolute atomic E-state index is 0.105. The second-order valence-corrected chi connectivity index (χ2v) is 6.96. The first-order chi connectivity index (χ1) is 13.6. The second kappa shape index (κ2) is 7.48. The fraction of sp³-hybridized carbons (Fsp3) is 0.273. The number of carbonyl (C=O) groups excluding carboxylic acids is 1. The molecule has 1 amide bonds. The average molecular weight is 378 g/mol. The number of nitrogens with zero attached hydrogens (tertiary/aromatic N) is 2. The van der Waals surface area contributed by atoms with Gasteiger partial charge in [0, 0.05) is 13.1 Å². The smallest absolute Gasteiger partial charge is 0.417 e. The first-order valence-corrected chi connectivity index (χ1v) is 9.33. The highest BCUT2D eigenvalue weighted by atomic mass is 16.6. The summed E-state index contributed by atoms with van der Waals surface area (Å²) in [6.45, 7) is 5.25. The molecule has 28 heavy (non-hydrogen) atoms. The average Bonchev–Trinajstić information content (AvgIpc) is 2.70. The fourth-order valence-electron chi connectivity index (χ4n) is 3.52. The monoisotopic (exact) mass is 378 g/mol. The highest BCUT2D eigenvalue weighted by Gasteiger charge is 2.33. The molecule has 2 heterocycles. The maximum atomic E-state index is 13.2. The van der Waals surface area contributed by atoms with Crippen LogP contribution in [0.2, 0.25) is 0 Å². The normalized spacial score (nSPS) is 14.1. The molecule has 0 radical (unpaired) electrons. The lowest BCUT2D eigenvalue weighted by Gasteiger charge is -2.34. The Bertz CT molecular complexity index is 1080. The van der Waals surface area contributed by atoms with E-state index in [0.29, 0.717) is 36.3 Å². The van der Waals surface area contributed by atoms with Crippen molar-refractivity contribution in [2.24, 2.45) is 0 Å².